The third-order valence-electron chi connectivity index (χ3n) is 7.18. The molecule has 1 aliphatic heterocycles. The number of piperidine rings is 1. The van der Waals surface area contributed by atoms with Gasteiger partial charge in [0.1, 0.15) is 6.04 Å². The number of nitrogens with one attached hydrogen (secondary N) is 1. The lowest BCUT2D eigenvalue weighted by molar-refractivity contribution is -0.135. The van der Waals surface area contributed by atoms with Gasteiger partial charge in [-0.15, -0.1) is 0 Å². The minimum atomic E-state index is -0.501. The fourth-order valence-electron chi connectivity index (χ4n) is 5.07. The Labute approximate surface area is 162 Å². The van der Waals surface area contributed by atoms with Crippen LogP contribution in [0.4, 0.5) is 0 Å². The fourth-order valence-corrected chi connectivity index (χ4v) is 5.07. The van der Waals surface area contributed by atoms with Gasteiger partial charge in [0.25, 0.3) is 5.91 Å². The molecule has 2 amide bonds. The third-order valence-corrected chi connectivity index (χ3v) is 7.18. The lowest BCUT2D eigenvalue weighted by Crippen LogP contribution is -2.54. The second-order valence-corrected chi connectivity index (χ2v) is 10.4. The number of carbonyl (C=O) groups excluding carboxylic acids is 2. The van der Waals surface area contributed by atoms with Crippen LogP contribution in [0.25, 0.3) is 0 Å². The number of benzene rings is 1. The molecule has 4 heteroatoms. The van der Waals surface area contributed by atoms with Gasteiger partial charge in [-0.2, -0.15) is 0 Å². The minimum Gasteiger partial charge on any atom is -0.340 e. The molecule has 0 spiro atoms. The predicted molar refractivity (Wildman–Crippen MR) is 107 cm³/mol. The summed E-state index contributed by atoms with van der Waals surface area (Å²) in [7, 11) is 0. The molecule has 0 unspecified atom stereocenters. The van der Waals surface area contributed by atoms with Crippen molar-refractivity contribution >= 4 is 11.8 Å². The van der Waals surface area contributed by atoms with Crippen molar-refractivity contribution in [1.29, 1.82) is 0 Å². The maximum absolute atomic E-state index is 13.2. The highest BCUT2D eigenvalue weighted by atomic mass is 16.2. The first kappa shape index (κ1) is 18.5. The molecule has 3 aliphatic rings. The molecule has 1 saturated carbocycles. The number of carbonyl (C=O) groups is 2. The molecule has 4 nitrogen and oxygen atoms in total. The average molecular weight is 369 g/mol. The van der Waals surface area contributed by atoms with Crippen molar-refractivity contribution in [2.75, 3.05) is 13.1 Å². The van der Waals surface area contributed by atoms with E-state index < -0.39 is 6.04 Å². The molecule has 1 saturated heterocycles. The Bertz CT molecular complexity index is 776. The highest BCUT2D eigenvalue weighted by Crippen LogP contribution is 2.62. The topological polar surface area (TPSA) is 49.4 Å². The molecule has 0 radical (unpaired) electrons. The van der Waals surface area contributed by atoms with Crippen molar-refractivity contribution in [3.05, 3.63) is 34.9 Å². The molecule has 146 valence electrons. The Morgan fingerprint density at radius 2 is 1.74 bits per heavy atom. The van der Waals surface area contributed by atoms with E-state index in [-0.39, 0.29) is 17.2 Å². The summed E-state index contributed by atoms with van der Waals surface area (Å²) >= 11 is 0. The zero-order chi connectivity index (χ0) is 19.6. The molecule has 1 N–H and O–H groups in total. The number of nitrogens with zero attached hydrogens (tertiary/aromatic N) is 1. The Hall–Kier alpha value is -1.84. The largest absolute Gasteiger partial charge is 0.340 e. The van der Waals surface area contributed by atoms with Crippen molar-refractivity contribution in [3.8, 4) is 0 Å². The number of rotatable bonds is 3. The summed E-state index contributed by atoms with van der Waals surface area (Å²) in [5.74, 6) is 1.17. The number of hydrogen-bond donors (Lipinski definition) is 1. The summed E-state index contributed by atoms with van der Waals surface area (Å²) in [6.07, 6.45) is 3.32. The Balaban J connectivity index is 1.48. The summed E-state index contributed by atoms with van der Waals surface area (Å²) in [5, 5.41) is 3.06. The molecule has 3 atom stereocenters. The number of hydrogen-bond acceptors (Lipinski definition) is 2. The predicted octanol–water partition coefficient (Wildman–Crippen LogP) is 3.43. The van der Waals surface area contributed by atoms with Crippen LogP contribution >= 0.6 is 0 Å². The van der Waals surface area contributed by atoms with E-state index in [9.17, 15) is 9.59 Å². The van der Waals surface area contributed by atoms with Crippen LogP contribution in [-0.4, -0.2) is 35.8 Å². The van der Waals surface area contributed by atoms with Crippen molar-refractivity contribution in [1.82, 2.24) is 10.2 Å². The molecular formula is C23H32N2O2. The quantitative estimate of drug-likeness (QED) is 0.888. The fraction of sp³-hybridized carbons (Fsp3) is 0.652. The van der Waals surface area contributed by atoms with E-state index in [1.54, 1.807) is 0 Å². The molecular weight excluding hydrogens is 336 g/mol. The molecule has 2 aliphatic carbocycles. The monoisotopic (exact) mass is 368 g/mol. The van der Waals surface area contributed by atoms with E-state index in [0.717, 1.165) is 32.4 Å². The Morgan fingerprint density at radius 1 is 1.11 bits per heavy atom. The number of fused-ring (bicyclic) bond motifs is 2. The standard InChI is InChI=1S/C23H32N2O2/c1-22(2,3)19(21(27)25-12-17-18(13-25)23(17,4)5)24-20(26)16-10-9-14-7-6-8-15(14)11-16/h9-11,17-19H,6-8,12-13H2,1-5H3,(H,24,26)/t17-,18+,19-/m1/s1. The van der Waals surface area contributed by atoms with E-state index >= 15 is 0 Å². The average Bonchev–Trinajstić information content (AvgIpc) is 3.04. The highest BCUT2D eigenvalue weighted by Gasteiger charge is 2.63. The van der Waals surface area contributed by atoms with Crippen LogP contribution in [0.15, 0.2) is 18.2 Å². The van der Waals surface area contributed by atoms with Gasteiger partial charge in [0.15, 0.2) is 0 Å². The second-order valence-electron chi connectivity index (χ2n) is 10.4. The zero-order valence-corrected chi connectivity index (χ0v) is 17.3. The van der Waals surface area contributed by atoms with E-state index in [4.69, 9.17) is 0 Å². The molecule has 1 heterocycles. The molecule has 4 rings (SSSR count). The summed E-state index contributed by atoms with van der Waals surface area (Å²) in [6.45, 7) is 12.3. The smallest absolute Gasteiger partial charge is 0.251 e. The van der Waals surface area contributed by atoms with E-state index in [1.165, 1.54) is 11.1 Å². The van der Waals surface area contributed by atoms with Gasteiger partial charge in [-0.1, -0.05) is 40.7 Å². The van der Waals surface area contributed by atoms with Crippen LogP contribution in [0.1, 0.15) is 62.5 Å². The first-order valence-corrected chi connectivity index (χ1v) is 10.3. The van der Waals surface area contributed by atoms with Crippen molar-refractivity contribution in [2.45, 2.75) is 59.9 Å². The van der Waals surface area contributed by atoms with Gasteiger partial charge >= 0.3 is 0 Å². The van der Waals surface area contributed by atoms with Crippen molar-refractivity contribution in [3.63, 3.8) is 0 Å². The van der Waals surface area contributed by atoms with Gasteiger partial charge in [0, 0.05) is 18.7 Å². The molecule has 0 bridgehead atoms. The summed E-state index contributed by atoms with van der Waals surface area (Å²) in [5.41, 5.74) is 3.35. The van der Waals surface area contributed by atoms with Crippen molar-refractivity contribution < 1.29 is 9.59 Å². The third kappa shape index (κ3) is 3.17. The van der Waals surface area contributed by atoms with Gasteiger partial charge in [0.05, 0.1) is 0 Å². The number of amides is 2. The SMILES string of the molecule is CC(C)(C)[C@H](NC(=O)c1ccc2c(c1)CCC2)C(=O)N1C[C@@H]2[C@H](C1)C2(C)C. The van der Waals surface area contributed by atoms with Gasteiger partial charge < -0.3 is 10.2 Å². The maximum Gasteiger partial charge on any atom is 0.251 e. The summed E-state index contributed by atoms with van der Waals surface area (Å²) in [4.78, 5) is 28.1. The molecule has 0 aromatic heterocycles. The van der Waals surface area contributed by atoms with E-state index in [2.05, 4.69) is 25.2 Å². The Kier molecular flexibility index (Phi) is 4.17. The van der Waals surface area contributed by atoms with Crippen LogP contribution in [0, 0.1) is 22.7 Å². The number of aryl methyl sites for hydroxylation is 2. The van der Waals surface area contributed by atoms with Crippen molar-refractivity contribution in [2.24, 2.45) is 22.7 Å². The molecule has 27 heavy (non-hydrogen) atoms. The van der Waals surface area contributed by atoms with Crippen LogP contribution in [0.5, 0.6) is 0 Å². The first-order valence-electron chi connectivity index (χ1n) is 10.3. The minimum absolute atomic E-state index is 0.0695. The maximum atomic E-state index is 13.2. The highest BCUT2D eigenvalue weighted by molar-refractivity contribution is 5.98. The molecule has 1 aromatic carbocycles. The van der Waals surface area contributed by atoms with Gasteiger partial charge in [-0.3, -0.25) is 9.59 Å². The summed E-state index contributed by atoms with van der Waals surface area (Å²) < 4.78 is 0. The first-order chi connectivity index (χ1) is 12.6. The lowest BCUT2D eigenvalue weighted by atomic mass is 9.85. The van der Waals surface area contributed by atoms with Gasteiger partial charge in [-0.25, -0.2) is 0 Å². The van der Waals surface area contributed by atoms with E-state index in [0.29, 0.717) is 22.8 Å². The van der Waals surface area contributed by atoms with Crippen LogP contribution in [0.3, 0.4) is 0 Å². The van der Waals surface area contributed by atoms with Crippen LogP contribution in [0.2, 0.25) is 0 Å². The normalized spacial score (nSPS) is 26.3. The van der Waals surface area contributed by atoms with Gasteiger partial charge in [0.2, 0.25) is 5.91 Å². The Morgan fingerprint density at radius 3 is 2.37 bits per heavy atom. The number of likely N-dealkylation sites (tertiary alicyclic amines) is 1. The zero-order valence-electron chi connectivity index (χ0n) is 17.3. The van der Waals surface area contributed by atoms with Crippen LogP contribution < -0.4 is 5.32 Å². The second kappa shape index (κ2) is 6.08. The van der Waals surface area contributed by atoms with E-state index in [1.807, 2.05) is 37.8 Å². The molecule has 2 fully saturated rings. The summed E-state index contributed by atoms with van der Waals surface area (Å²) in [6, 6.07) is 5.48. The van der Waals surface area contributed by atoms with Crippen LogP contribution in [-0.2, 0) is 17.6 Å². The van der Waals surface area contributed by atoms with Gasteiger partial charge in [-0.05, 0) is 65.2 Å². The molecule has 1 aromatic rings. The lowest BCUT2D eigenvalue weighted by Gasteiger charge is -2.34.